The fraction of sp³-hybridized carbons (Fsp3) is 0.250. The number of anilines is 1. The SMILES string of the molecule is CCOc1ccccc1NC(=O)Cn1cc(OC)c(=O)cc1CSc1ccc(C)cc1. The Morgan fingerprint density at radius 1 is 1.10 bits per heavy atom. The second kappa shape index (κ2) is 10.7. The molecule has 1 N–H and O–H groups in total. The van der Waals surface area contributed by atoms with Crippen molar-refractivity contribution in [3.05, 3.63) is 82.3 Å². The van der Waals surface area contributed by atoms with Crippen LogP contribution >= 0.6 is 11.8 Å². The minimum atomic E-state index is -0.223. The van der Waals surface area contributed by atoms with Gasteiger partial charge in [0.05, 0.1) is 25.6 Å². The molecule has 0 aliphatic rings. The van der Waals surface area contributed by atoms with Crippen LogP contribution in [-0.4, -0.2) is 24.2 Å². The maximum Gasteiger partial charge on any atom is 0.244 e. The number of benzene rings is 2. The highest BCUT2D eigenvalue weighted by molar-refractivity contribution is 7.98. The number of carbonyl (C=O) groups excluding carboxylic acids is 1. The molecule has 1 amide bonds. The number of aromatic nitrogens is 1. The monoisotopic (exact) mass is 438 g/mol. The van der Waals surface area contributed by atoms with Crippen molar-refractivity contribution in [3.63, 3.8) is 0 Å². The molecule has 1 aromatic heterocycles. The summed E-state index contributed by atoms with van der Waals surface area (Å²) < 4.78 is 12.5. The fourth-order valence-corrected chi connectivity index (χ4v) is 3.90. The van der Waals surface area contributed by atoms with Gasteiger partial charge in [-0.3, -0.25) is 9.59 Å². The van der Waals surface area contributed by atoms with E-state index in [0.717, 1.165) is 10.6 Å². The van der Waals surface area contributed by atoms with Crippen LogP contribution < -0.4 is 20.2 Å². The highest BCUT2D eigenvalue weighted by atomic mass is 32.2. The number of thioether (sulfide) groups is 1. The van der Waals surface area contributed by atoms with Crippen LogP contribution in [0.2, 0.25) is 0 Å². The first-order valence-corrected chi connectivity index (χ1v) is 11.0. The number of rotatable bonds is 9. The average Bonchev–Trinajstić information content (AvgIpc) is 2.76. The van der Waals surface area contributed by atoms with Crippen molar-refractivity contribution in [1.29, 1.82) is 0 Å². The van der Waals surface area contributed by atoms with Crippen molar-refractivity contribution >= 4 is 23.4 Å². The molecule has 0 radical (unpaired) electrons. The second-order valence-corrected chi connectivity index (χ2v) is 7.95. The van der Waals surface area contributed by atoms with Crippen molar-refractivity contribution in [1.82, 2.24) is 4.57 Å². The Bertz CT molecular complexity index is 1090. The number of aryl methyl sites for hydroxylation is 1. The number of hydrogen-bond donors (Lipinski definition) is 1. The minimum Gasteiger partial charge on any atom is -0.492 e. The molecule has 0 fully saturated rings. The van der Waals surface area contributed by atoms with Gasteiger partial charge in [0, 0.05) is 22.4 Å². The van der Waals surface area contributed by atoms with Crippen LogP contribution in [0.3, 0.4) is 0 Å². The van der Waals surface area contributed by atoms with E-state index in [1.165, 1.54) is 18.7 Å². The maximum absolute atomic E-state index is 12.8. The molecular weight excluding hydrogens is 412 g/mol. The predicted molar refractivity (Wildman–Crippen MR) is 124 cm³/mol. The first-order chi connectivity index (χ1) is 15.0. The lowest BCUT2D eigenvalue weighted by Gasteiger charge is -2.16. The summed E-state index contributed by atoms with van der Waals surface area (Å²) in [6.45, 7) is 4.48. The summed E-state index contributed by atoms with van der Waals surface area (Å²) in [5.41, 5.74) is 2.33. The van der Waals surface area contributed by atoms with E-state index >= 15 is 0 Å². The molecule has 31 heavy (non-hydrogen) atoms. The topological polar surface area (TPSA) is 69.6 Å². The summed E-state index contributed by atoms with van der Waals surface area (Å²) in [6, 6.07) is 17.0. The van der Waals surface area contributed by atoms with Gasteiger partial charge in [0.25, 0.3) is 0 Å². The Hall–Kier alpha value is -3.19. The number of nitrogens with zero attached hydrogens (tertiary/aromatic N) is 1. The molecule has 3 aromatic rings. The van der Waals surface area contributed by atoms with Crippen molar-refractivity contribution in [3.8, 4) is 11.5 Å². The van der Waals surface area contributed by atoms with E-state index in [9.17, 15) is 9.59 Å². The lowest BCUT2D eigenvalue weighted by Crippen LogP contribution is -2.23. The maximum atomic E-state index is 12.8. The first-order valence-electron chi connectivity index (χ1n) is 9.98. The summed E-state index contributed by atoms with van der Waals surface area (Å²) in [5, 5.41) is 2.89. The number of ether oxygens (including phenoxy) is 2. The van der Waals surface area contributed by atoms with Gasteiger partial charge < -0.3 is 19.4 Å². The second-order valence-electron chi connectivity index (χ2n) is 6.90. The van der Waals surface area contributed by atoms with Gasteiger partial charge in [-0.25, -0.2) is 0 Å². The number of hydrogen-bond acceptors (Lipinski definition) is 5. The summed E-state index contributed by atoms with van der Waals surface area (Å²) in [5.74, 6) is 1.14. The summed E-state index contributed by atoms with van der Waals surface area (Å²) >= 11 is 1.61. The van der Waals surface area contributed by atoms with E-state index < -0.39 is 0 Å². The number of carbonyl (C=O) groups is 1. The van der Waals surface area contributed by atoms with Gasteiger partial charge in [0.1, 0.15) is 12.3 Å². The van der Waals surface area contributed by atoms with Crippen molar-refractivity contribution in [2.45, 2.75) is 31.0 Å². The first kappa shape index (κ1) is 22.5. The number of amides is 1. The Morgan fingerprint density at radius 2 is 1.84 bits per heavy atom. The molecule has 2 aromatic carbocycles. The molecule has 3 rings (SSSR count). The van der Waals surface area contributed by atoms with Gasteiger partial charge in [0.15, 0.2) is 5.75 Å². The number of pyridine rings is 1. The molecule has 1 heterocycles. The van der Waals surface area contributed by atoms with Gasteiger partial charge >= 0.3 is 0 Å². The van der Waals surface area contributed by atoms with Crippen LogP contribution in [0.15, 0.2) is 70.5 Å². The Morgan fingerprint density at radius 3 is 2.55 bits per heavy atom. The molecule has 6 nitrogen and oxygen atoms in total. The standard InChI is InChI=1S/C24H26N2O4S/c1-4-30-22-8-6-5-7-20(22)25-24(28)15-26-14-23(29-3)21(27)13-18(26)16-31-19-11-9-17(2)10-12-19/h5-14H,4,15-16H2,1-3H3,(H,25,28). The Kier molecular flexibility index (Phi) is 7.78. The van der Waals surface area contributed by atoms with E-state index in [4.69, 9.17) is 9.47 Å². The summed E-state index contributed by atoms with van der Waals surface area (Å²) in [4.78, 5) is 26.2. The van der Waals surface area contributed by atoms with Gasteiger partial charge in [-0.05, 0) is 38.1 Å². The van der Waals surface area contributed by atoms with Crippen molar-refractivity contribution < 1.29 is 14.3 Å². The molecular formula is C24H26N2O4S. The molecule has 7 heteroatoms. The van der Waals surface area contributed by atoms with Crippen molar-refractivity contribution in [2.24, 2.45) is 0 Å². The molecule has 0 unspecified atom stereocenters. The summed E-state index contributed by atoms with van der Waals surface area (Å²) in [6.07, 6.45) is 1.58. The van der Waals surface area contributed by atoms with E-state index in [1.54, 1.807) is 28.6 Å². The smallest absolute Gasteiger partial charge is 0.244 e. The van der Waals surface area contributed by atoms with E-state index in [1.807, 2.05) is 56.3 Å². The minimum absolute atomic E-state index is 0.0426. The molecule has 0 saturated heterocycles. The molecule has 0 aliphatic heterocycles. The largest absolute Gasteiger partial charge is 0.492 e. The Labute approximate surface area is 186 Å². The lowest BCUT2D eigenvalue weighted by atomic mass is 10.2. The third-order valence-corrected chi connectivity index (χ3v) is 5.63. The molecule has 0 atom stereocenters. The molecule has 0 spiro atoms. The quantitative estimate of drug-likeness (QED) is 0.499. The highest BCUT2D eigenvalue weighted by Crippen LogP contribution is 2.25. The van der Waals surface area contributed by atoms with Gasteiger partial charge in [-0.1, -0.05) is 29.8 Å². The molecule has 162 valence electrons. The van der Waals surface area contributed by atoms with E-state index in [-0.39, 0.29) is 23.6 Å². The highest BCUT2D eigenvalue weighted by Gasteiger charge is 2.13. The number of nitrogens with one attached hydrogen (secondary N) is 1. The van der Waals surface area contributed by atoms with Gasteiger partial charge in [-0.2, -0.15) is 0 Å². The van der Waals surface area contributed by atoms with Crippen LogP contribution in [0.4, 0.5) is 5.69 Å². The van der Waals surface area contributed by atoms with Crippen LogP contribution in [0, 0.1) is 6.92 Å². The zero-order valence-electron chi connectivity index (χ0n) is 17.9. The fourth-order valence-electron chi connectivity index (χ4n) is 3.01. The average molecular weight is 439 g/mol. The molecule has 0 bridgehead atoms. The molecule has 0 saturated carbocycles. The third-order valence-electron chi connectivity index (χ3n) is 4.59. The van der Waals surface area contributed by atoms with E-state index in [0.29, 0.717) is 23.8 Å². The van der Waals surface area contributed by atoms with E-state index in [2.05, 4.69) is 5.32 Å². The third kappa shape index (κ3) is 6.15. The van der Waals surface area contributed by atoms with Crippen LogP contribution in [0.1, 0.15) is 18.2 Å². The van der Waals surface area contributed by atoms with Crippen molar-refractivity contribution in [2.75, 3.05) is 19.0 Å². The number of methoxy groups -OCH3 is 1. The zero-order valence-corrected chi connectivity index (χ0v) is 18.7. The number of para-hydroxylation sites is 2. The van der Waals surface area contributed by atoms with Gasteiger partial charge in [0.2, 0.25) is 11.3 Å². The lowest BCUT2D eigenvalue weighted by molar-refractivity contribution is -0.116. The Balaban J connectivity index is 1.79. The normalized spacial score (nSPS) is 10.5. The zero-order chi connectivity index (χ0) is 22.2. The molecule has 0 aliphatic carbocycles. The van der Waals surface area contributed by atoms with Crippen LogP contribution in [0.5, 0.6) is 11.5 Å². The van der Waals surface area contributed by atoms with Crippen LogP contribution in [0.25, 0.3) is 0 Å². The van der Waals surface area contributed by atoms with Crippen LogP contribution in [-0.2, 0) is 17.1 Å². The van der Waals surface area contributed by atoms with Gasteiger partial charge in [-0.15, -0.1) is 11.8 Å². The summed E-state index contributed by atoms with van der Waals surface area (Å²) in [7, 11) is 1.44. The predicted octanol–water partition coefficient (Wildman–Crippen LogP) is 4.50.